The molecule has 3 N–H and O–H groups in total. The summed E-state index contributed by atoms with van der Waals surface area (Å²) in [6.07, 6.45) is 2.64. The third kappa shape index (κ3) is 3.96. The van der Waals surface area contributed by atoms with E-state index in [1.54, 1.807) is 12.3 Å². The number of carbonyl (C=O) groups excluding carboxylic acids is 1. The molecule has 7 nitrogen and oxygen atoms in total. The lowest BCUT2D eigenvalue weighted by atomic mass is 10.3. The van der Waals surface area contributed by atoms with Crippen molar-refractivity contribution in [1.82, 2.24) is 9.78 Å². The van der Waals surface area contributed by atoms with Gasteiger partial charge in [0.1, 0.15) is 12.4 Å². The maximum atomic E-state index is 11.9. The van der Waals surface area contributed by atoms with Gasteiger partial charge in [-0.05, 0) is 24.3 Å². The maximum absolute atomic E-state index is 11.9. The molecule has 0 spiro atoms. The van der Waals surface area contributed by atoms with Crippen LogP contribution in [0, 0.1) is 0 Å². The van der Waals surface area contributed by atoms with Gasteiger partial charge in [0.05, 0.1) is 15.6 Å². The van der Waals surface area contributed by atoms with Crippen LogP contribution in [0.2, 0.25) is 5.02 Å². The minimum absolute atomic E-state index is 0.0589. The number of nitrogens with zero attached hydrogens (tertiary/aromatic N) is 2. The second kappa shape index (κ2) is 5.74. The number of nitrogens with two attached hydrogens (primary N) is 1. The van der Waals surface area contributed by atoms with Crippen molar-refractivity contribution in [3.63, 3.8) is 0 Å². The van der Waals surface area contributed by atoms with Crippen molar-refractivity contribution in [2.75, 3.05) is 17.3 Å². The van der Waals surface area contributed by atoms with Crippen LogP contribution in [0.3, 0.4) is 0 Å². The zero-order chi connectivity index (χ0) is 15.6. The Balaban J connectivity index is 2.17. The predicted octanol–water partition coefficient (Wildman–Crippen LogP) is 1.16. The van der Waals surface area contributed by atoms with E-state index in [0.29, 0.717) is 5.82 Å². The predicted molar refractivity (Wildman–Crippen MR) is 79.8 cm³/mol. The number of rotatable bonds is 4. The highest BCUT2D eigenvalue weighted by atomic mass is 35.5. The van der Waals surface area contributed by atoms with Gasteiger partial charge in [-0.2, -0.15) is 5.10 Å². The second-order valence-electron chi connectivity index (χ2n) is 4.40. The Kier molecular flexibility index (Phi) is 4.19. The van der Waals surface area contributed by atoms with E-state index in [2.05, 4.69) is 10.4 Å². The topological polar surface area (TPSA) is 107 Å². The highest BCUT2D eigenvalue weighted by molar-refractivity contribution is 7.90. The van der Waals surface area contributed by atoms with Gasteiger partial charge >= 0.3 is 0 Å². The molecule has 1 aromatic heterocycles. The Morgan fingerprint density at radius 1 is 1.43 bits per heavy atom. The summed E-state index contributed by atoms with van der Waals surface area (Å²) in [7, 11) is -3.38. The van der Waals surface area contributed by atoms with Gasteiger partial charge in [0.2, 0.25) is 5.91 Å². The van der Waals surface area contributed by atoms with Crippen molar-refractivity contribution < 1.29 is 13.2 Å². The molecule has 0 fully saturated rings. The summed E-state index contributed by atoms with van der Waals surface area (Å²) in [6, 6.07) is 5.67. The van der Waals surface area contributed by atoms with Crippen molar-refractivity contribution in [2.24, 2.45) is 0 Å². The minimum atomic E-state index is -3.38. The highest BCUT2D eigenvalue weighted by Crippen LogP contribution is 2.25. The van der Waals surface area contributed by atoms with Gasteiger partial charge in [0.15, 0.2) is 9.84 Å². The molecule has 2 rings (SSSR count). The third-order valence-corrected chi connectivity index (χ3v) is 4.05. The van der Waals surface area contributed by atoms with Crippen LogP contribution in [-0.2, 0) is 21.2 Å². The Bertz CT molecular complexity index is 786. The number of hydrogen-bond acceptors (Lipinski definition) is 5. The number of sulfone groups is 1. The Morgan fingerprint density at radius 3 is 2.71 bits per heavy atom. The number of anilines is 2. The molecule has 112 valence electrons. The quantitative estimate of drug-likeness (QED) is 0.875. The number of aromatic nitrogens is 2. The number of carbonyl (C=O) groups is 1. The van der Waals surface area contributed by atoms with E-state index in [1.807, 2.05) is 0 Å². The SMILES string of the molecule is CS(=O)(=O)c1ccc(Cl)c(NC(=O)Cn2ccc(N)n2)c1. The lowest BCUT2D eigenvalue weighted by Gasteiger charge is -2.09. The molecule has 0 bridgehead atoms. The van der Waals surface area contributed by atoms with Gasteiger partial charge in [-0.3, -0.25) is 9.48 Å². The molecule has 0 aliphatic rings. The largest absolute Gasteiger partial charge is 0.382 e. The van der Waals surface area contributed by atoms with E-state index in [4.69, 9.17) is 17.3 Å². The fourth-order valence-electron chi connectivity index (χ4n) is 1.63. The number of amides is 1. The molecule has 0 aliphatic heterocycles. The lowest BCUT2D eigenvalue weighted by Crippen LogP contribution is -2.19. The molecule has 0 saturated carbocycles. The molecule has 1 amide bonds. The third-order valence-electron chi connectivity index (χ3n) is 2.61. The van der Waals surface area contributed by atoms with Crippen molar-refractivity contribution in [3.8, 4) is 0 Å². The first-order valence-electron chi connectivity index (χ1n) is 5.84. The summed E-state index contributed by atoms with van der Waals surface area (Å²) in [5.74, 6) is -0.0921. The van der Waals surface area contributed by atoms with Crippen LogP contribution >= 0.6 is 11.6 Å². The normalized spacial score (nSPS) is 11.3. The van der Waals surface area contributed by atoms with Crippen LogP contribution < -0.4 is 11.1 Å². The van der Waals surface area contributed by atoms with E-state index in [1.165, 1.54) is 22.9 Å². The van der Waals surface area contributed by atoms with Gasteiger partial charge in [-0.1, -0.05) is 11.6 Å². The van der Waals surface area contributed by atoms with Crippen LogP contribution in [0.4, 0.5) is 11.5 Å². The summed E-state index contributed by atoms with van der Waals surface area (Å²) in [6.45, 7) is -0.0589. The average molecular weight is 329 g/mol. The zero-order valence-electron chi connectivity index (χ0n) is 11.1. The van der Waals surface area contributed by atoms with E-state index < -0.39 is 15.7 Å². The van der Waals surface area contributed by atoms with Gasteiger partial charge in [-0.15, -0.1) is 0 Å². The standard InChI is InChI=1S/C12H13ClN4O3S/c1-21(19,20)8-2-3-9(13)10(6-8)15-12(18)7-17-5-4-11(14)16-17/h2-6H,7H2,1H3,(H2,14,16)(H,15,18). The molecule has 0 radical (unpaired) electrons. The average Bonchev–Trinajstić information content (AvgIpc) is 2.76. The number of benzene rings is 1. The van der Waals surface area contributed by atoms with Crippen molar-refractivity contribution >= 4 is 38.9 Å². The second-order valence-corrected chi connectivity index (χ2v) is 6.82. The first kappa shape index (κ1) is 15.3. The molecule has 0 aliphatic carbocycles. The summed E-state index contributed by atoms with van der Waals surface area (Å²) in [5, 5.41) is 6.67. The molecule has 0 unspecified atom stereocenters. The summed E-state index contributed by atoms with van der Waals surface area (Å²) in [5.41, 5.74) is 5.67. The van der Waals surface area contributed by atoms with Crippen molar-refractivity contribution in [3.05, 3.63) is 35.5 Å². The van der Waals surface area contributed by atoms with Crippen LogP contribution in [0.1, 0.15) is 0 Å². The van der Waals surface area contributed by atoms with Gasteiger partial charge in [0, 0.05) is 12.5 Å². The molecular formula is C12H13ClN4O3S. The van der Waals surface area contributed by atoms with E-state index >= 15 is 0 Å². The van der Waals surface area contributed by atoms with Gasteiger partial charge < -0.3 is 11.1 Å². The van der Waals surface area contributed by atoms with Crippen molar-refractivity contribution in [2.45, 2.75) is 11.4 Å². The number of nitrogens with one attached hydrogen (secondary N) is 1. The van der Waals surface area contributed by atoms with Crippen molar-refractivity contribution in [1.29, 1.82) is 0 Å². The molecule has 0 atom stereocenters. The van der Waals surface area contributed by atoms with Crippen LogP contribution in [0.5, 0.6) is 0 Å². The summed E-state index contributed by atoms with van der Waals surface area (Å²) in [4.78, 5) is 12.0. The smallest absolute Gasteiger partial charge is 0.246 e. The van der Waals surface area contributed by atoms with Crippen LogP contribution in [0.25, 0.3) is 0 Å². The first-order valence-corrected chi connectivity index (χ1v) is 8.11. The summed E-state index contributed by atoms with van der Waals surface area (Å²) < 4.78 is 24.3. The fourth-order valence-corrected chi connectivity index (χ4v) is 2.45. The van der Waals surface area contributed by atoms with E-state index in [0.717, 1.165) is 6.26 Å². The fraction of sp³-hybridized carbons (Fsp3) is 0.167. The van der Waals surface area contributed by atoms with Crippen LogP contribution in [0.15, 0.2) is 35.4 Å². The molecular weight excluding hydrogens is 316 g/mol. The number of halogens is 1. The number of hydrogen-bond donors (Lipinski definition) is 2. The zero-order valence-corrected chi connectivity index (χ0v) is 12.6. The number of nitrogen functional groups attached to an aromatic ring is 1. The van der Waals surface area contributed by atoms with E-state index in [9.17, 15) is 13.2 Å². The lowest BCUT2D eigenvalue weighted by molar-refractivity contribution is -0.116. The molecule has 1 heterocycles. The maximum Gasteiger partial charge on any atom is 0.246 e. The van der Waals surface area contributed by atoms with Crippen LogP contribution in [-0.4, -0.2) is 30.4 Å². The Morgan fingerprint density at radius 2 is 2.14 bits per heavy atom. The van der Waals surface area contributed by atoms with E-state index in [-0.39, 0.29) is 22.2 Å². The molecule has 1 aromatic carbocycles. The Hall–Kier alpha value is -2.06. The van der Waals surface area contributed by atoms with Gasteiger partial charge in [0.25, 0.3) is 0 Å². The molecule has 9 heteroatoms. The molecule has 2 aromatic rings. The monoisotopic (exact) mass is 328 g/mol. The molecule has 21 heavy (non-hydrogen) atoms. The summed E-state index contributed by atoms with van der Waals surface area (Å²) >= 11 is 5.95. The Labute approximate surface area is 126 Å². The minimum Gasteiger partial charge on any atom is -0.382 e. The first-order chi connectivity index (χ1) is 9.75. The van der Waals surface area contributed by atoms with Gasteiger partial charge in [-0.25, -0.2) is 8.42 Å². The highest BCUT2D eigenvalue weighted by Gasteiger charge is 2.12. The molecule has 0 saturated heterocycles.